The van der Waals surface area contributed by atoms with Gasteiger partial charge in [0, 0.05) is 19.5 Å². The molecular formula is C11H15NO2. The minimum absolute atomic E-state index is 0.277. The van der Waals surface area contributed by atoms with Gasteiger partial charge in [0.2, 0.25) is 5.91 Å². The quantitative estimate of drug-likeness (QED) is 0.505. The highest BCUT2D eigenvalue weighted by Gasteiger charge is 2.14. The number of allylic oxidation sites excluding steroid dienone is 3. The van der Waals surface area contributed by atoms with Crippen LogP contribution in [0.5, 0.6) is 0 Å². The maximum Gasteiger partial charge on any atom is 0.259 e. The molecular weight excluding hydrogens is 178 g/mol. The summed E-state index contributed by atoms with van der Waals surface area (Å²) in [6, 6.07) is 0. The first-order valence-corrected chi connectivity index (χ1v) is 4.28. The fourth-order valence-corrected chi connectivity index (χ4v) is 0.799. The molecule has 2 amide bonds. The van der Waals surface area contributed by atoms with E-state index in [1.165, 1.54) is 14.0 Å². The zero-order valence-corrected chi connectivity index (χ0v) is 8.78. The number of hydrogen-bond donors (Lipinski definition) is 0. The van der Waals surface area contributed by atoms with Crippen LogP contribution in [0.3, 0.4) is 0 Å². The molecule has 0 saturated heterocycles. The average molecular weight is 193 g/mol. The summed E-state index contributed by atoms with van der Waals surface area (Å²) in [6.07, 6.45) is 6.50. The molecule has 0 heterocycles. The Hall–Kier alpha value is -1.64. The molecule has 0 aliphatic carbocycles. The molecule has 0 atom stereocenters. The van der Waals surface area contributed by atoms with Gasteiger partial charge in [0.05, 0.1) is 0 Å². The summed E-state index contributed by atoms with van der Waals surface area (Å²) in [6.45, 7) is 6.59. The van der Waals surface area contributed by atoms with Gasteiger partial charge in [-0.3, -0.25) is 14.5 Å². The normalized spacial score (nSPS) is 11.5. The van der Waals surface area contributed by atoms with Crippen molar-refractivity contribution in [1.82, 2.24) is 4.90 Å². The maximum atomic E-state index is 11.6. The van der Waals surface area contributed by atoms with Gasteiger partial charge >= 0.3 is 0 Å². The molecule has 3 nitrogen and oxygen atoms in total. The van der Waals surface area contributed by atoms with Crippen molar-refractivity contribution in [3.8, 4) is 0 Å². The molecule has 0 unspecified atom stereocenters. The van der Waals surface area contributed by atoms with E-state index in [-0.39, 0.29) is 11.8 Å². The Labute approximate surface area is 84.4 Å². The molecule has 3 heteroatoms. The van der Waals surface area contributed by atoms with Gasteiger partial charge in [-0.15, -0.1) is 0 Å². The first-order chi connectivity index (χ1) is 6.54. The lowest BCUT2D eigenvalue weighted by Gasteiger charge is -2.12. The van der Waals surface area contributed by atoms with Crippen LogP contribution in [-0.2, 0) is 9.59 Å². The average Bonchev–Trinajstić information content (AvgIpc) is 2.17. The van der Waals surface area contributed by atoms with Crippen molar-refractivity contribution in [3.63, 3.8) is 0 Å². The van der Waals surface area contributed by atoms with Crippen LogP contribution in [0.1, 0.15) is 13.8 Å². The van der Waals surface area contributed by atoms with Gasteiger partial charge in [-0.25, -0.2) is 0 Å². The minimum Gasteiger partial charge on any atom is -0.282 e. The number of carbonyl (C=O) groups excluding carboxylic acids is 2. The SMILES string of the molecule is C=C/C=C\C(=C/C)C(=O)N(C)C(C)=O. The Bertz CT molecular complexity index is 300. The van der Waals surface area contributed by atoms with Crippen molar-refractivity contribution < 1.29 is 9.59 Å². The molecule has 0 aliphatic heterocycles. The highest BCUT2D eigenvalue weighted by Crippen LogP contribution is 2.02. The monoisotopic (exact) mass is 193 g/mol. The second-order valence-corrected chi connectivity index (χ2v) is 2.72. The van der Waals surface area contributed by atoms with Gasteiger partial charge in [0.1, 0.15) is 0 Å². The van der Waals surface area contributed by atoms with Gasteiger partial charge in [-0.2, -0.15) is 0 Å². The summed E-state index contributed by atoms with van der Waals surface area (Å²) in [5.74, 6) is -0.584. The van der Waals surface area contributed by atoms with Gasteiger partial charge in [0.15, 0.2) is 0 Å². The largest absolute Gasteiger partial charge is 0.282 e. The summed E-state index contributed by atoms with van der Waals surface area (Å²) in [5.41, 5.74) is 0.475. The number of carbonyl (C=O) groups is 2. The van der Waals surface area contributed by atoms with E-state index in [2.05, 4.69) is 6.58 Å². The van der Waals surface area contributed by atoms with E-state index in [0.717, 1.165) is 4.90 Å². The third kappa shape index (κ3) is 3.39. The Morgan fingerprint density at radius 1 is 1.36 bits per heavy atom. The van der Waals surface area contributed by atoms with Gasteiger partial charge in [-0.05, 0) is 13.0 Å². The molecule has 14 heavy (non-hydrogen) atoms. The predicted molar refractivity (Wildman–Crippen MR) is 56.5 cm³/mol. The van der Waals surface area contributed by atoms with Crippen molar-refractivity contribution in [2.75, 3.05) is 7.05 Å². The van der Waals surface area contributed by atoms with Crippen molar-refractivity contribution in [2.24, 2.45) is 0 Å². The van der Waals surface area contributed by atoms with Crippen LogP contribution >= 0.6 is 0 Å². The van der Waals surface area contributed by atoms with Crippen LogP contribution in [0.15, 0.2) is 36.5 Å². The molecule has 0 aromatic rings. The molecule has 0 aromatic carbocycles. The topological polar surface area (TPSA) is 37.4 Å². The molecule has 0 fully saturated rings. The first-order valence-electron chi connectivity index (χ1n) is 4.28. The second-order valence-electron chi connectivity index (χ2n) is 2.72. The lowest BCUT2D eigenvalue weighted by atomic mass is 10.2. The molecule has 0 N–H and O–H groups in total. The fourth-order valence-electron chi connectivity index (χ4n) is 0.799. The minimum atomic E-state index is -0.307. The van der Waals surface area contributed by atoms with Crippen molar-refractivity contribution in [2.45, 2.75) is 13.8 Å². The Balaban J connectivity index is 4.73. The zero-order valence-electron chi connectivity index (χ0n) is 8.78. The van der Waals surface area contributed by atoms with E-state index < -0.39 is 0 Å². The number of hydrogen-bond acceptors (Lipinski definition) is 2. The van der Waals surface area contributed by atoms with E-state index >= 15 is 0 Å². The Kier molecular flexibility index (Phi) is 5.22. The highest BCUT2D eigenvalue weighted by atomic mass is 16.2. The summed E-state index contributed by atoms with van der Waals surface area (Å²) in [4.78, 5) is 23.6. The summed E-state index contributed by atoms with van der Waals surface area (Å²) >= 11 is 0. The van der Waals surface area contributed by atoms with Crippen LogP contribution in [0, 0.1) is 0 Å². The van der Waals surface area contributed by atoms with Crippen LogP contribution in [0.2, 0.25) is 0 Å². The third-order valence-corrected chi connectivity index (χ3v) is 1.75. The number of nitrogens with zero attached hydrogens (tertiary/aromatic N) is 1. The molecule has 0 spiro atoms. The van der Waals surface area contributed by atoms with Crippen LogP contribution in [-0.4, -0.2) is 23.8 Å². The van der Waals surface area contributed by atoms with E-state index in [9.17, 15) is 9.59 Å². The zero-order chi connectivity index (χ0) is 11.1. The maximum absolute atomic E-state index is 11.6. The van der Waals surface area contributed by atoms with E-state index in [1.807, 2.05) is 0 Å². The van der Waals surface area contributed by atoms with Crippen molar-refractivity contribution in [1.29, 1.82) is 0 Å². The van der Waals surface area contributed by atoms with Gasteiger partial charge in [-0.1, -0.05) is 24.8 Å². The Morgan fingerprint density at radius 3 is 2.29 bits per heavy atom. The smallest absolute Gasteiger partial charge is 0.259 e. The van der Waals surface area contributed by atoms with Crippen molar-refractivity contribution >= 4 is 11.8 Å². The number of rotatable bonds is 3. The molecule has 0 aliphatic rings. The van der Waals surface area contributed by atoms with Crippen LogP contribution in [0.25, 0.3) is 0 Å². The molecule has 0 rings (SSSR count). The van der Waals surface area contributed by atoms with Crippen LogP contribution in [0.4, 0.5) is 0 Å². The number of imide groups is 1. The molecule has 76 valence electrons. The summed E-state index contributed by atoms with van der Waals surface area (Å²) in [5, 5.41) is 0. The molecule has 0 saturated carbocycles. The first kappa shape index (κ1) is 12.4. The van der Waals surface area contributed by atoms with Crippen molar-refractivity contribution in [3.05, 3.63) is 36.5 Å². The van der Waals surface area contributed by atoms with Gasteiger partial charge < -0.3 is 0 Å². The Morgan fingerprint density at radius 2 is 1.93 bits per heavy atom. The highest BCUT2D eigenvalue weighted by molar-refractivity contribution is 6.04. The summed E-state index contributed by atoms with van der Waals surface area (Å²) in [7, 11) is 1.45. The summed E-state index contributed by atoms with van der Waals surface area (Å²) < 4.78 is 0. The molecule has 0 aromatic heterocycles. The van der Waals surface area contributed by atoms with E-state index in [4.69, 9.17) is 0 Å². The standard InChI is InChI=1S/C11H15NO2/c1-5-7-8-10(6-2)11(14)12(4)9(3)13/h5-8H,1H2,2-4H3/b8-7-,10-6+. The third-order valence-electron chi connectivity index (χ3n) is 1.75. The number of amides is 2. The number of likely N-dealkylation sites (N-methyl/N-ethyl adjacent to an activating group) is 1. The van der Waals surface area contributed by atoms with E-state index in [0.29, 0.717) is 5.57 Å². The fraction of sp³-hybridized carbons (Fsp3) is 0.273. The molecule has 0 radical (unpaired) electrons. The lowest BCUT2D eigenvalue weighted by Crippen LogP contribution is -2.31. The second kappa shape index (κ2) is 5.91. The van der Waals surface area contributed by atoms with Gasteiger partial charge in [0.25, 0.3) is 5.91 Å². The lowest BCUT2D eigenvalue weighted by molar-refractivity contribution is -0.139. The van der Waals surface area contributed by atoms with Crippen LogP contribution < -0.4 is 0 Å². The van der Waals surface area contributed by atoms with E-state index in [1.54, 1.807) is 31.2 Å². The predicted octanol–water partition coefficient (Wildman–Crippen LogP) is 1.68. The molecule has 0 bridgehead atoms.